The molecule has 0 aliphatic carbocycles. The number of nitrogens with zero attached hydrogens (tertiary/aromatic N) is 5. The standard InChI is InChI=1S/C19H25N5O5S/c1-14-18(15(2)21(3)20-14)8-9-19(25)22-10-12-23(13-11-22)30(28,29)17-6-4-16(5-7-17)24(26)27/h4-7H,8-13H2,1-3H3. The Hall–Kier alpha value is -2.79. The fourth-order valence-electron chi connectivity index (χ4n) is 3.64. The zero-order valence-corrected chi connectivity index (χ0v) is 18.1. The maximum Gasteiger partial charge on any atom is 0.269 e. The molecule has 0 unspecified atom stereocenters. The third-order valence-corrected chi connectivity index (χ3v) is 7.44. The number of nitro benzene ring substituents is 1. The van der Waals surface area contributed by atoms with Crippen LogP contribution in [0.5, 0.6) is 0 Å². The molecule has 0 N–H and O–H groups in total. The second-order valence-electron chi connectivity index (χ2n) is 7.31. The topological polar surface area (TPSA) is 119 Å². The zero-order valence-electron chi connectivity index (χ0n) is 17.2. The molecule has 0 saturated carbocycles. The van der Waals surface area contributed by atoms with Crippen LogP contribution < -0.4 is 0 Å². The summed E-state index contributed by atoms with van der Waals surface area (Å²) in [5.74, 6) is -0.00923. The molecule has 2 heterocycles. The van der Waals surface area contributed by atoms with Crippen LogP contribution in [0.4, 0.5) is 5.69 Å². The molecule has 2 aromatic rings. The van der Waals surface area contributed by atoms with Crippen molar-refractivity contribution in [2.45, 2.75) is 31.6 Å². The van der Waals surface area contributed by atoms with E-state index < -0.39 is 14.9 Å². The van der Waals surface area contributed by atoms with Crippen molar-refractivity contribution in [3.63, 3.8) is 0 Å². The molecule has 1 aromatic heterocycles. The summed E-state index contributed by atoms with van der Waals surface area (Å²) in [4.78, 5) is 24.5. The van der Waals surface area contributed by atoms with E-state index >= 15 is 0 Å². The first-order valence-corrected chi connectivity index (χ1v) is 11.1. The molecule has 0 spiro atoms. The quantitative estimate of drug-likeness (QED) is 0.500. The van der Waals surface area contributed by atoms with E-state index in [2.05, 4.69) is 5.10 Å². The Balaban J connectivity index is 1.58. The van der Waals surface area contributed by atoms with Crippen molar-refractivity contribution in [2.75, 3.05) is 26.2 Å². The number of carbonyl (C=O) groups excluding carboxylic acids is 1. The normalized spacial score (nSPS) is 15.4. The van der Waals surface area contributed by atoms with E-state index in [1.807, 2.05) is 20.9 Å². The van der Waals surface area contributed by atoms with Gasteiger partial charge in [-0.15, -0.1) is 0 Å². The number of benzene rings is 1. The molecular weight excluding hydrogens is 410 g/mol. The predicted molar refractivity (Wildman–Crippen MR) is 109 cm³/mol. The van der Waals surface area contributed by atoms with Crippen LogP contribution in [0.25, 0.3) is 0 Å². The van der Waals surface area contributed by atoms with Gasteiger partial charge in [0.2, 0.25) is 15.9 Å². The summed E-state index contributed by atoms with van der Waals surface area (Å²) in [6.07, 6.45) is 0.953. The summed E-state index contributed by atoms with van der Waals surface area (Å²) >= 11 is 0. The molecule has 0 radical (unpaired) electrons. The molecule has 1 fully saturated rings. The first kappa shape index (κ1) is 21.9. The Bertz CT molecular complexity index is 1050. The Morgan fingerprint density at radius 3 is 2.23 bits per heavy atom. The average molecular weight is 436 g/mol. The number of piperazine rings is 1. The Labute approximate surface area is 175 Å². The highest BCUT2D eigenvalue weighted by Crippen LogP contribution is 2.21. The van der Waals surface area contributed by atoms with E-state index in [1.165, 1.54) is 28.6 Å². The molecule has 0 bridgehead atoms. The number of aryl methyl sites for hydroxylation is 2. The summed E-state index contributed by atoms with van der Waals surface area (Å²) in [5, 5.41) is 15.1. The lowest BCUT2D eigenvalue weighted by atomic mass is 10.1. The van der Waals surface area contributed by atoms with E-state index in [0.29, 0.717) is 25.9 Å². The molecule has 30 heavy (non-hydrogen) atoms. The van der Waals surface area contributed by atoms with Crippen molar-refractivity contribution in [1.29, 1.82) is 0 Å². The van der Waals surface area contributed by atoms with Crippen molar-refractivity contribution >= 4 is 21.6 Å². The molecule has 10 nitrogen and oxygen atoms in total. The first-order valence-electron chi connectivity index (χ1n) is 9.62. The lowest BCUT2D eigenvalue weighted by molar-refractivity contribution is -0.384. The van der Waals surface area contributed by atoms with E-state index in [1.54, 1.807) is 9.58 Å². The van der Waals surface area contributed by atoms with Crippen molar-refractivity contribution in [3.8, 4) is 0 Å². The van der Waals surface area contributed by atoms with Crippen LogP contribution in [0.1, 0.15) is 23.4 Å². The highest BCUT2D eigenvalue weighted by Gasteiger charge is 2.30. The number of sulfonamides is 1. The molecule has 162 valence electrons. The van der Waals surface area contributed by atoms with Gasteiger partial charge in [-0.25, -0.2) is 8.42 Å². The van der Waals surface area contributed by atoms with Crippen molar-refractivity contribution in [1.82, 2.24) is 19.0 Å². The van der Waals surface area contributed by atoms with E-state index in [9.17, 15) is 23.3 Å². The van der Waals surface area contributed by atoms with E-state index in [0.717, 1.165) is 17.0 Å². The van der Waals surface area contributed by atoms with Crippen molar-refractivity contribution < 1.29 is 18.1 Å². The second kappa shape index (κ2) is 8.52. The number of amides is 1. The van der Waals surface area contributed by atoms with Gasteiger partial charge in [0.1, 0.15) is 0 Å². The lowest BCUT2D eigenvalue weighted by Crippen LogP contribution is -2.50. The van der Waals surface area contributed by atoms with Crippen LogP contribution in [-0.2, 0) is 28.3 Å². The number of rotatable bonds is 6. The highest BCUT2D eigenvalue weighted by atomic mass is 32.2. The largest absolute Gasteiger partial charge is 0.340 e. The Kier molecular flexibility index (Phi) is 6.22. The fraction of sp³-hybridized carbons (Fsp3) is 0.474. The number of non-ortho nitro benzene ring substituents is 1. The summed E-state index contributed by atoms with van der Waals surface area (Å²) in [7, 11) is -1.88. The van der Waals surface area contributed by atoms with E-state index in [4.69, 9.17) is 0 Å². The van der Waals surface area contributed by atoms with Gasteiger partial charge in [0, 0.05) is 57.5 Å². The van der Waals surface area contributed by atoms with Crippen LogP contribution in [0.2, 0.25) is 0 Å². The van der Waals surface area contributed by atoms with E-state index in [-0.39, 0.29) is 29.6 Å². The van der Waals surface area contributed by atoms with Gasteiger partial charge in [0.15, 0.2) is 0 Å². The molecule has 1 aromatic carbocycles. The Morgan fingerprint density at radius 1 is 1.13 bits per heavy atom. The maximum atomic E-state index is 12.8. The van der Waals surface area contributed by atoms with Crippen LogP contribution in [0, 0.1) is 24.0 Å². The van der Waals surface area contributed by atoms with Crippen molar-refractivity contribution in [2.24, 2.45) is 7.05 Å². The molecule has 11 heteroatoms. The second-order valence-corrected chi connectivity index (χ2v) is 9.25. The number of nitro groups is 1. The lowest BCUT2D eigenvalue weighted by Gasteiger charge is -2.34. The van der Waals surface area contributed by atoms with Gasteiger partial charge in [0.05, 0.1) is 15.5 Å². The first-order chi connectivity index (χ1) is 14.1. The SMILES string of the molecule is Cc1nn(C)c(C)c1CCC(=O)N1CCN(S(=O)(=O)c2ccc([N+](=O)[O-])cc2)CC1. The van der Waals surface area contributed by atoms with Crippen molar-refractivity contribution in [3.05, 3.63) is 51.3 Å². The molecule has 1 aliphatic rings. The number of carbonyl (C=O) groups is 1. The minimum absolute atomic E-state index is 0.00923. The van der Waals surface area contributed by atoms with Gasteiger partial charge in [-0.3, -0.25) is 19.6 Å². The third kappa shape index (κ3) is 4.36. The summed E-state index contributed by atoms with van der Waals surface area (Å²) in [6, 6.07) is 4.83. The molecular formula is C19H25N5O5S. The highest BCUT2D eigenvalue weighted by molar-refractivity contribution is 7.89. The number of aromatic nitrogens is 2. The summed E-state index contributed by atoms with van der Waals surface area (Å²) in [5.41, 5.74) is 2.87. The minimum Gasteiger partial charge on any atom is -0.340 e. The molecule has 3 rings (SSSR count). The van der Waals surface area contributed by atoms with Gasteiger partial charge >= 0.3 is 0 Å². The van der Waals surface area contributed by atoms with Crippen LogP contribution >= 0.6 is 0 Å². The average Bonchev–Trinajstić information content (AvgIpc) is 2.97. The third-order valence-electron chi connectivity index (χ3n) is 5.52. The maximum absolute atomic E-state index is 12.8. The van der Waals surface area contributed by atoms with Crippen LogP contribution in [0.15, 0.2) is 29.2 Å². The van der Waals surface area contributed by atoms with Gasteiger partial charge < -0.3 is 4.90 Å². The summed E-state index contributed by atoms with van der Waals surface area (Å²) in [6.45, 7) is 4.91. The van der Waals surface area contributed by atoms with Gasteiger partial charge in [0.25, 0.3) is 5.69 Å². The van der Waals surface area contributed by atoms with Gasteiger partial charge in [-0.05, 0) is 38.0 Å². The fourth-order valence-corrected chi connectivity index (χ4v) is 5.06. The zero-order chi connectivity index (χ0) is 22.1. The monoisotopic (exact) mass is 435 g/mol. The number of hydrogen-bond acceptors (Lipinski definition) is 6. The Morgan fingerprint density at radius 2 is 1.73 bits per heavy atom. The van der Waals surface area contributed by atoms with Crippen LogP contribution in [0.3, 0.4) is 0 Å². The molecule has 0 atom stereocenters. The molecule has 1 aliphatic heterocycles. The minimum atomic E-state index is -3.76. The van der Waals surface area contributed by atoms with Gasteiger partial charge in [-0.1, -0.05) is 0 Å². The van der Waals surface area contributed by atoms with Crippen LogP contribution in [-0.4, -0.2) is 64.4 Å². The number of hydrogen-bond donors (Lipinski definition) is 0. The smallest absolute Gasteiger partial charge is 0.269 e. The molecule has 1 saturated heterocycles. The molecule has 1 amide bonds. The summed E-state index contributed by atoms with van der Waals surface area (Å²) < 4.78 is 28.7. The predicted octanol–water partition coefficient (Wildman–Crippen LogP) is 1.41. The van der Waals surface area contributed by atoms with Gasteiger partial charge in [-0.2, -0.15) is 9.40 Å².